The summed E-state index contributed by atoms with van der Waals surface area (Å²) in [6.07, 6.45) is 3.05. The lowest BCUT2D eigenvalue weighted by Crippen LogP contribution is -2.47. The molecule has 1 aliphatic heterocycles. The molecule has 6 heteroatoms. The molecule has 0 unspecified atom stereocenters. The van der Waals surface area contributed by atoms with Crippen molar-refractivity contribution in [2.75, 3.05) is 26.2 Å². The summed E-state index contributed by atoms with van der Waals surface area (Å²) in [6.45, 7) is 4.71. The van der Waals surface area contributed by atoms with Gasteiger partial charge in [-0.05, 0) is 12.8 Å². The molecule has 1 rings (SSSR count). The minimum Gasteiger partial charge on any atom is -0.354 e. The van der Waals surface area contributed by atoms with Gasteiger partial charge in [-0.2, -0.15) is 0 Å². The lowest BCUT2D eigenvalue weighted by Gasteiger charge is -2.22. The summed E-state index contributed by atoms with van der Waals surface area (Å²) in [7, 11) is 0. The van der Waals surface area contributed by atoms with Crippen LogP contribution in [0.1, 0.15) is 26.2 Å². The molecule has 16 heavy (non-hydrogen) atoms. The van der Waals surface area contributed by atoms with E-state index in [1.807, 2.05) is 4.90 Å². The first-order valence-electron chi connectivity index (χ1n) is 5.80. The maximum atomic E-state index is 11.4. The van der Waals surface area contributed by atoms with Gasteiger partial charge in [-0.1, -0.05) is 13.3 Å². The Balaban J connectivity index is 2.55. The molecule has 0 aromatic rings. The molecule has 0 aliphatic carbocycles. The predicted octanol–water partition coefficient (Wildman–Crippen LogP) is -0.572. The van der Waals surface area contributed by atoms with Crippen molar-refractivity contribution < 1.29 is 4.79 Å². The maximum absolute atomic E-state index is 11.4. The van der Waals surface area contributed by atoms with Gasteiger partial charge < -0.3 is 10.2 Å². The van der Waals surface area contributed by atoms with E-state index in [-0.39, 0.29) is 5.91 Å². The van der Waals surface area contributed by atoms with Crippen LogP contribution in [0.5, 0.6) is 0 Å². The molecule has 1 fully saturated rings. The van der Waals surface area contributed by atoms with E-state index in [0.29, 0.717) is 12.5 Å². The topological polar surface area (TPSA) is 82.8 Å². The highest BCUT2D eigenvalue weighted by atomic mass is 16.2. The number of hydrogen-bond acceptors (Lipinski definition) is 3. The lowest BCUT2D eigenvalue weighted by molar-refractivity contribution is -0.120. The van der Waals surface area contributed by atoms with Gasteiger partial charge in [0.2, 0.25) is 11.9 Å². The molecule has 1 amide bonds. The molecule has 1 saturated heterocycles. The van der Waals surface area contributed by atoms with Crippen LogP contribution in [0.2, 0.25) is 0 Å². The molecule has 1 aliphatic rings. The molecule has 0 spiro atoms. The Morgan fingerprint density at radius 1 is 1.69 bits per heavy atom. The Morgan fingerprint density at radius 2 is 2.50 bits per heavy atom. The molecule has 1 heterocycles. The van der Waals surface area contributed by atoms with Gasteiger partial charge in [0.15, 0.2) is 0 Å². The van der Waals surface area contributed by atoms with Gasteiger partial charge >= 0.3 is 0 Å². The van der Waals surface area contributed by atoms with E-state index in [2.05, 4.69) is 22.7 Å². The SMILES string of the molecule is CCCCN=C(NN)N1CCCNC(=O)C1. The van der Waals surface area contributed by atoms with Gasteiger partial charge in [-0.3, -0.25) is 15.2 Å². The zero-order valence-electron chi connectivity index (χ0n) is 9.83. The van der Waals surface area contributed by atoms with Crippen LogP contribution in [0.4, 0.5) is 0 Å². The normalized spacial score (nSPS) is 18.0. The number of nitrogens with one attached hydrogen (secondary N) is 2. The minimum absolute atomic E-state index is 0.0240. The van der Waals surface area contributed by atoms with Gasteiger partial charge in [0, 0.05) is 19.6 Å². The number of guanidine groups is 1. The minimum atomic E-state index is 0.0240. The number of unbranched alkanes of at least 4 members (excludes halogenated alkanes) is 1. The number of hydrazine groups is 1. The van der Waals surface area contributed by atoms with Crippen molar-refractivity contribution in [3.05, 3.63) is 0 Å². The summed E-state index contributed by atoms with van der Waals surface area (Å²) < 4.78 is 0. The highest BCUT2D eigenvalue weighted by Gasteiger charge is 2.17. The Morgan fingerprint density at radius 3 is 3.19 bits per heavy atom. The van der Waals surface area contributed by atoms with Gasteiger partial charge in [0.25, 0.3) is 0 Å². The number of nitrogens with zero attached hydrogens (tertiary/aromatic N) is 2. The second-order valence-corrected chi connectivity index (χ2v) is 3.83. The quantitative estimate of drug-likeness (QED) is 0.198. The van der Waals surface area contributed by atoms with E-state index in [4.69, 9.17) is 5.84 Å². The van der Waals surface area contributed by atoms with Crippen molar-refractivity contribution in [1.29, 1.82) is 0 Å². The summed E-state index contributed by atoms with van der Waals surface area (Å²) in [5.41, 5.74) is 2.57. The monoisotopic (exact) mass is 227 g/mol. The Kier molecular flexibility index (Phi) is 5.63. The van der Waals surface area contributed by atoms with Crippen LogP contribution < -0.4 is 16.6 Å². The fourth-order valence-corrected chi connectivity index (χ4v) is 1.57. The fraction of sp³-hybridized carbons (Fsp3) is 0.800. The van der Waals surface area contributed by atoms with Crippen LogP contribution in [-0.2, 0) is 4.79 Å². The van der Waals surface area contributed by atoms with E-state index in [1.54, 1.807) is 0 Å². The number of nitrogens with two attached hydrogens (primary N) is 1. The average Bonchev–Trinajstić information content (AvgIpc) is 2.49. The summed E-state index contributed by atoms with van der Waals surface area (Å²) in [5.74, 6) is 6.07. The summed E-state index contributed by atoms with van der Waals surface area (Å²) in [6, 6.07) is 0. The van der Waals surface area contributed by atoms with Gasteiger partial charge in [0.1, 0.15) is 0 Å². The van der Waals surface area contributed by atoms with E-state index in [9.17, 15) is 4.79 Å². The zero-order chi connectivity index (χ0) is 11.8. The first-order chi connectivity index (χ1) is 7.77. The maximum Gasteiger partial charge on any atom is 0.239 e. The number of amides is 1. The molecule has 0 aromatic carbocycles. The van der Waals surface area contributed by atoms with E-state index < -0.39 is 0 Å². The van der Waals surface area contributed by atoms with Crippen molar-refractivity contribution >= 4 is 11.9 Å². The standard InChI is InChI=1S/C10H21N5O/c1-2-3-5-13-10(14-11)15-7-4-6-12-9(16)8-15/h2-8,11H2,1H3,(H,12,16)(H,13,14). The van der Waals surface area contributed by atoms with E-state index in [0.717, 1.165) is 38.9 Å². The van der Waals surface area contributed by atoms with Crippen LogP contribution in [0.15, 0.2) is 4.99 Å². The highest BCUT2D eigenvalue weighted by molar-refractivity contribution is 5.86. The summed E-state index contributed by atoms with van der Waals surface area (Å²) in [5, 5.41) is 2.82. The fourth-order valence-electron chi connectivity index (χ4n) is 1.57. The number of carbonyl (C=O) groups is 1. The van der Waals surface area contributed by atoms with Crippen LogP contribution in [-0.4, -0.2) is 42.9 Å². The van der Waals surface area contributed by atoms with Crippen molar-refractivity contribution in [3.63, 3.8) is 0 Å². The molecule has 4 N–H and O–H groups in total. The third-order valence-electron chi connectivity index (χ3n) is 2.46. The summed E-state index contributed by atoms with van der Waals surface area (Å²) in [4.78, 5) is 17.6. The molecule has 92 valence electrons. The number of aliphatic imine (C=N–C) groups is 1. The van der Waals surface area contributed by atoms with Crippen LogP contribution in [0, 0.1) is 0 Å². The van der Waals surface area contributed by atoms with Crippen LogP contribution in [0.3, 0.4) is 0 Å². The third kappa shape index (κ3) is 4.06. The number of carbonyl (C=O) groups excluding carboxylic acids is 1. The second kappa shape index (κ2) is 7.05. The molecule has 0 aromatic heterocycles. The molecule has 6 nitrogen and oxygen atoms in total. The second-order valence-electron chi connectivity index (χ2n) is 3.83. The smallest absolute Gasteiger partial charge is 0.239 e. The van der Waals surface area contributed by atoms with Gasteiger partial charge in [-0.25, -0.2) is 5.84 Å². The van der Waals surface area contributed by atoms with Gasteiger partial charge in [0.05, 0.1) is 6.54 Å². The van der Waals surface area contributed by atoms with Crippen molar-refractivity contribution in [2.45, 2.75) is 26.2 Å². The Hall–Kier alpha value is -1.30. The van der Waals surface area contributed by atoms with Crippen LogP contribution >= 0.6 is 0 Å². The van der Waals surface area contributed by atoms with E-state index >= 15 is 0 Å². The van der Waals surface area contributed by atoms with Crippen molar-refractivity contribution in [3.8, 4) is 0 Å². The first-order valence-corrected chi connectivity index (χ1v) is 5.80. The number of hydrogen-bond donors (Lipinski definition) is 3. The van der Waals surface area contributed by atoms with Crippen molar-refractivity contribution in [2.24, 2.45) is 10.8 Å². The Bertz CT molecular complexity index is 254. The van der Waals surface area contributed by atoms with Crippen molar-refractivity contribution in [1.82, 2.24) is 15.6 Å². The molecular formula is C10H21N5O. The zero-order valence-corrected chi connectivity index (χ0v) is 9.83. The molecule has 0 bridgehead atoms. The van der Waals surface area contributed by atoms with Crippen LogP contribution in [0.25, 0.3) is 0 Å². The Labute approximate surface area is 96.2 Å². The van der Waals surface area contributed by atoms with Gasteiger partial charge in [-0.15, -0.1) is 0 Å². The number of rotatable bonds is 3. The molecule has 0 saturated carbocycles. The molecular weight excluding hydrogens is 206 g/mol. The predicted molar refractivity (Wildman–Crippen MR) is 63.7 cm³/mol. The van der Waals surface area contributed by atoms with E-state index in [1.165, 1.54) is 0 Å². The average molecular weight is 227 g/mol. The molecule has 0 radical (unpaired) electrons. The first kappa shape index (κ1) is 12.8. The largest absolute Gasteiger partial charge is 0.354 e. The molecule has 0 atom stereocenters. The highest BCUT2D eigenvalue weighted by Crippen LogP contribution is 1.98. The third-order valence-corrected chi connectivity index (χ3v) is 2.46. The lowest BCUT2D eigenvalue weighted by atomic mass is 10.3. The summed E-state index contributed by atoms with van der Waals surface area (Å²) >= 11 is 0.